The molecule has 2 rings (SSSR count). The van der Waals surface area contributed by atoms with Gasteiger partial charge in [0.25, 0.3) is 5.91 Å². The third-order valence-electron chi connectivity index (χ3n) is 4.03. The van der Waals surface area contributed by atoms with Gasteiger partial charge in [-0.05, 0) is 57.9 Å². The Morgan fingerprint density at radius 3 is 2.22 bits per heavy atom. The summed E-state index contributed by atoms with van der Waals surface area (Å²) in [5.41, 5.74) is -0.805. The zero-order valence-corrected chi connectivity index (χ0v) is 15.3. The largest absolute Gasteiger partial charge is 0.444 e. The molecule has 150 valence electrons. The van der Waals surface area contributed by atoms with E-state index in [-0.39, 0.29) is 24.9 Å². The number of nitrogens with one attached hydrogen (secondary N) is 1. The first-order valence-electron chi connectivity index (χ1n) is 8.49. The lowest BCUT2D eigenvalue weighted by atomic mass is 9.96. The van der Waals surface area contributed by atoms with E-state index in [0.29, 0.717) is 4.90 Å². The number of alkyl carbamates (subject to hydrolysis) is 1. The molecule has 1 aliphatic heterocycles. The lowest BCUT2D eigenvalue weighted by Gasteiger charge is -2.40. The van der Waals surface area contributed by atoms with Crippen LogP contribution in [0.5, 0.6) is 0 Å². The molecule has 1 N–H and O–H groups in total. The summed E-state index contributed by atoms with van der Waals surface area (Å²) in [6.45, 7) is 4.67. The summed E-state index contributed by atoms with van der Waals surface area (Å²) in [5.74, 6) is -1.46. The number of amides is 2. The van der Waals surface area contributed by atoms with E-state index in [1.165, 1.54) is 0 Å². The second kappa shape index (κ2) is 7.74. The lowest BCUT2D eigenvalue weighted by Crippen LogP contribution is -2.58. The summed E-state index contributed by atoms with van der Waals surface area (Å²) in [4.78, 5) is 25.2. The number of halogens is 4. The zero-order valence-electron chi connectivity index (χ0n) is 15.3. The van der Waals surface area contributed by atoms with Crippen LogP contribution in [0.4, 0.5) is 22.4 Å². The van der Waals surface area contributed by atoms with Crippen LogP contribution in [0.15, 0.2) is 24.3 Å². The van der Waals surface area contributed by atoms with Gasteiger partial charge in [0.05, 0.1) is 0 Å². The highest BCUT2D eigenvalue weighted by Gasteiger charge is 2.48. The molecule has 1 aliphatic rings. The van der Waals surface area contributed by atoms with Gasteiger partial charge in [0.2, 0.25) is 0 Å². The van der Waals surface area contributed by atoms with Crippen molar-refractivity contribution in [3.8, 4) is 0 Å². The number of carbonyl (C=O) groups excluding carboxylic acids is 2. The van der Waals surface area contributed by atoms with Gasteiger partial charge in [-0.1, -0.05) is 0 Å². The molecule has 0 aromatic heterocycles. The quantitative estimate of drug-likeness (QED) is 0.780. The average Bonchev–Trinajstić information content (AvgIpc) is 2.52. The Morgan fingerprint density at radius 2 is 1.70 bits per heavy atom. The molecule has 2 amide bonds. The van der Waals surface area contributed by atoms with E-state index in [1.807, 2.05) is 0 Å². The number of carbonyl (C=O) groups is 2. The molecule has 1 heterocycles. The summed E-state index contributed by atoms with van der Waals surface area (Å²) in [6, 6.07) is 1.65. The molecule has 1 aromatic rings. The molecule has 5 nitrogen and oxygen atoms in total. The van der Waals surface area contributed by atoms with Crippen LogP contribution in [-0.4, -0.2) is 47.3 Å². The van der Waals surface area contributed by atoms with Crippen molar-refractivity contribution in [1.29, 1.82) is 0 Å². The Bertz CT molecular complexity index is 683. The minimum Gasteiger partial charge on any atom is -0.444 e. The minimum absolute atomic E-state index is 0.0522. The van der Waals surface area contributed by atoms with Gasteiger partial charge in [-0.2, -0.15) is 13.2 Å². The van der Waals surface area contributed by atoms with Crippen LogP contribution in [0.25, 0.3) is 0 Å². The maximum absolute atomic E-state index is 13.4. The number of hydrogen-bond donors (Lipinski definition) is 1. The van der Waals surface area contributed by atoms with Crippen molar-refractivity contribution in [2.45, 2.75) is 57.5 Å². The van der Waals surface area contributed by atoms with Crippen LogP contribution in [0.2, 0.25) is 0 Å². The number of ether oxygens (including phenoxy) is 1. The number of alkyl halides is 3. The summed E-state index contributed by atoms with van der Waals surface area (Å²) in [5, 5.41) is 2.51. The monoisotopic (exact) mass is 390 g/mol. The highest BCUT2D eigenvalue weighted by molar-refractivity contribution is 5.94. The molecule has 0 radical (unpaired) electrons. The van der Waals surface area contributed by atoms with E-state index in [0.717, 1.165) is 24.3 Å². The maximum atomic E-state index is 13.4. The van der Waals surface area contributed by atoms with E-state index >= 15 is 0 Å². The van der Waals surface area contributed by atoms with E-state index in [1.54, 1.807) is 20.8 Å². The molecule has 0 spiro atoms. The van der Waals surface area contributed by atoms with E-state index in [2.05, 4.69) is 5.32 Å². The first kappa shape index (κ1) is 21.0. The number of rotatable bonds is 2. The molecule has 0 aliphatic carbocycles. The minimum atomic E-state index is -4.60. The molecule has 1 saturated heterocycles. The van der Waals surface area contributed by atoms with Crippen molar-refractivity contribution in [1.82, 2.24) is 10.2 Å². The highest BCUT2D eigenvalue weighted by atomic mass is 19.4. The fourth-order valence-electron chi connectivity index (χ4n) is 2.89. The third kappa shape index (κ3) is 5.83. The molecule has 0 saturated carbocycles. The predicted molar refractivity (Wildman–Crippen MR) is 89.7 cm³/mol. The van der Waals surface area contributed by atoms with Gasteiger partial charge in [0.15, 0.2) is 0 Å². The molecule has 2 atom stereocenters. The second-order valence-electron chi connectivity index (χ2n) is 7.44. The standard InChI is InChI=1S/C18H22F4N2O3/c1-17(2,3)27-16(26)23-13-8-9-14(18(20,21)22)24(10-13)15(25)11-4-6-12(19)7-5-11/h4-7,13-14H,8-10H2,1-3H3,(H,23,26)/t13-,14-/m1/s1. The number of benzene rings is 1. The Balaban J connectivity index is 2.17. The smallest absolute Gasteiger partial charge is 0.408 e. The number of nitrogens with zero attached hydrogens (tertiary/aromatic N) is 1. The van der Waals surface area contributed by atoms with Crippen LogP contribution in [0.1, 0.15) is 44.0 Å². The molecule has 1 aromatic carbocycles. The zero-order chi connectivity index (χ0) is 20.4. The number of hydrogen-bond acceptors (Lipinski definition) is 3. The van der Waals surface area contributed by atoms with Crippen molar-refractivity contribution in [2.24, 2.45) is 0 Å². The number of piperidine rings is 1. The van der Waals surface area contributed by atoms with E-state index in [9.17, 15) is 27.2 Å². The van der Waals surface area contributed by atoms with Gasteiger partial charge >= 0.3 is 12.3 Å². The van der Waals surface area contributed by atoms with Crippen LogP contribution in [0, 0.1) is 5.82 Å². The van der Waals surface area contributed by atoms with Crippen LogP contribution < -0.4 is 5.32 Å². The Morgan fingerprint density at radius 1 is 1.11 bits per heavy atom. The van der Waals surface area contributed by atoms with Crippen molar-refractivity contribution in [3.63, 3.8) is 0 Å². The SMILES string of the molecule is CC(C)(C)OC(=O)N[C@@H]1CC[C@H](C(F)(F)F)N(C(=O)c2ccc(F)cc2)C1. The molecular weight excluding hydrogens is 368 g/mol. The number of likely N-dealkylation sites (tertiary alicyclic amines) is 1. The van der Waals surface area contributed by atoms with E-state index < -0.39 is 41.7 Å². The third-order valence-corrected chi connectivity index (χ3v) is 4.03. The second-order valence-corrected chi connectivity index (χ2v) is 7.44. The predicted octanol–water partition coefficient (Wildman–Crippen LogP) is 3.89. The van der Waals surface area contributed by atoms with Crippen molar-refractivity contribution < 1.29 is 31.9 Å². The Kier molecular flexibility index (Phi) is 6.01. The molecule has 0 unspecified atom stereocenters. The Hall–Kier alpha value is -2.32. The first-order chi connectivity index (χ1) is 12.4. The van der Waals surface area contributed by atoms with Gasteiger partial charge in [0.1, 0.15) is 17.5 Å². The van der Waals surface area contributed by atoms with Gasteiger partial charge < -0.3 is 15.0 Å². The molecule has 27 heavy (non-hydrogen) atoms. The van der Waals surface area contributed by atoms with Crippen molar-refractivity contribution >= 4 is 12.0 Å². The van der Waals surface area contributed by atoms with Gasteiger partial charge in [-0.25, -0.2) is 9.18 Å². The molecule has 0 bridgehead atoms. The molecule has 1 fully saturated rings. The summed E-state index contributed by atoms with van der Waals surface area (Å²) in [6.07, 6.45) is -5.66. The maximum Gasteiger partial charge on any atom is 0.408 e. The van der Waals surface area contributed by atoms with Crippen LogP contribution in [-0.2, 0) is 4.74 Å². The highest BCUT2D eigenvalue weighted by Crippen LogP contribution is 2.33. The Labute approximate surface area is 154 Å². The van der Waals surface area contributed by atoms with Gasteiger partial charge in [-0.15, -0.1) is 0 Å². The summed E-state index contributed by atoms with van der Waals surface area (Å²) >= 11 is 0. The van der Waals surface area contributed by atoms with Gasteiger partial charge in [0, 0.05) is 18.2 Å². The topological polar surface area (TPSA) is 58.6 Å². The molecule has 9 heteroatoms. The normalized spacial score (nSPS) is 20.9. The summed E-state index contributed by atoms with van der Waals surface area (Å²) in [7, 11) is 0. The first-order valence-corrected chi connectivity index (χ1v) is 8.49. The summed E-state index contributed by atoms with van der Waals surface area (Å²) < 4.78 is 58.3. The van der Waals surface area contributed by atoms with E-state index in [4.69, 9.17) is 4.74 Å². The van der Waals surface area contributed by atoms with Crippen LogP contribution in [0.3, 0.4) is 0 Å². The fourth-order valence-corrected chi connectivity index (χ4v) is 2.89. The average molecular weight is 390 g/mol. The van der Waals surface area contributed by atoms with Crippen molar-refractivity contribution in [2.75, 3.05) is 6.54 Å². The molecular formula is C18H22F4N2O3. The lowest BCUT2D eigenvalue weighted by molar-refractivity contribution is -0.184. The fraction of sp³-hybridized carbons (Fsp3) is 0.556. The van der Waals surface area contributed by atoms with Crippen LogP contribution >= 0.6 is 0 Å². The van der Waals surface area contributed by atoms with Crippen molar-refractivity contribution in [3.05, 3.63) is 35.6 Å². The van der Waals surface area contributed by atoms with Gasteiger partial charge in [-0.3, -0.25) is 4.79 Å².